The topological polar surface area (TPSA) is 73.1 Å². The summed E-state index contributed by atoms with van der Waals surface area (Å²) in [7, 11) is 0. The number of carbonyl (C=O) groups excluding carboxylic acids is 1. The second kappa shape index (κ2) is 8.24. The number of para-hydroxylation sites is 2. The maximum atomic E-state index is 12.7. The number of hydrogen-bond acceptors (Lipinski definition) is 5. The average molecular weight is 351 g/mol. The number of aromatic nitrogens is 4. The zero-order chi connectivity index (χ0) is 18.4. The maximum absolute atomic E-state index is 12.7. The highest BCUT2D eigenvalue weighted by Crippen LogP contribution is 2.19. The lowest BCUT2D eigenvalue weighted by Gasteiger charge is -2.22. The Balaban J connectivity index is 1.62. The Morgan fingerprint density at radius 3 is 2.58 bits per heavy atom. The van der Waals surface area contributed by atoms with Crippen LogP contribution in [0.2, 0.25) is 0 Å². The minimum Gasteiger partial charge on any atom is -0.485 e. The van der Waals surface area contributed by atoms with Crippen molar-refractivity contribution in [1.82, 2.24) is 20.2 Å². The molecule has 0 N–H and O–H groups in total. The molecule has 0 saturated heterocycles. The third-order valence-corrected chi connectivity index (χ3v) is 3.91. The summed E-state index contributed by atoms with van der Waals surface area (Å²) in [4.78, 5) is 15.7. The number of hydrogen-bond donors (Lipinski definition) is 0. The van der Waals surface area contributed by atoms with Crippen molar-refractivity contribution in [2.75, 3.05) is 11.4 Å². The number of amides is 1. The fourth-order valence-corrected chi connectivity index (χ4v) is 2.62. The summed E-state index contributed by atoms with van der Waals surface area (Å²) in [6.45, 7) is 4.73. The van der Waals surface area contributed by atoms with Crippen LogP contribution in [0, 0.1) is 6.92 Å². The molecule has 7 heteroatoms. The van der Waals surface area contributed by atoms with Gasteiger partial charge in [0.1, 0.15) is 12.3 Å². The third-order valence-electron chi connectivity index (χ3n) is 3.91. The van der Waals surface area contributed by atoms with Gasteiger partial charge in [-0.15, -0.1) is 10.2 Å². The fraction of sp³-hybridized carbons (Fsp3) is 0.263. The van der Waals surface area contributed by atoms with Crippen LogP contribution in [0.5, 0.6) is 5.75 Å². The normalized spacial score (nSPS) is 10.5. The summed E-state index contributed by atoms with van der Waals surface area (Å²) >= 11 is 0. The van der Waals surface area contributed by atoms with Crippen LogP contribution in [0.4, 0.5) is 5.69 Å². The van der Waals surface area contributed by atoms with Crippen molar-refractivity contribution in [3.05, 3.63) is 66.0 Å². The molecule has 1 heterocycles. The molecular formula is C19H21N5O2. The first-order valence-electron chi connectivity index (χ1n) is 8.48. The van der Waals surface area contributed by atoms with Crippen LogP contribution >= 0.6 is 0 Å². The van der Waals surface area contributed by atoms with Crippen molar-refractivity contribution < 1.29 is 9.53 Å². The molecule has 0 spiro atoms. The van der Waals surface area contributed by atoms with E-state index in [1.54, 1.807) is 4.90 Å². The number of benzene rings is 2. The van der Waals surface area contributed by atoms with E-state index < -0.39 is 0 Å². The van der Waals surface area contributed by atoms with E-state index in [0.29, 0.717) is 12.4 Å². The summed E-state index contributed by atoms with van der Waals surface area (Å²) in [6, 6.07) is 17.2. The van der Waals surface area contributed by atoms with Crippen molar-refractivity contribution in [3.8, 4) is 5.75 Å². The zero-order valence-corrected chi connectivity index (χ0v) is 14.9. The maximum Gasteiger partial charge on any atom is 0.250 e. The van der Waals surface area contributed by atoms with Gasteiger partial charge in [0.15, 0.2) is 6.61 Å². The van der Waals surface area contributed by atoms with E-state index in [2.05, 4.69) is 15.4 Å². The van der Waals surface area contributed by atoms with Crippen LogP contribution in [0.25, 0.3) is 0 Å². The lowest BCUT2D eigenvalue weighted by atomic mass is 10.2. The second-order valence-electron chi connectivity index (χ2n) is 5.76. The molecular weight excluding hydrogens is 330 g/mol. The minimum atomic E-state index is -0.0882. The van der Waals surface area contributed by atoms with Gasteiger partial charge >= 0.3 is 0 Å². The lowest BCUT2D eigenvalue weighted by Crippen LogP contribution is -2.34. The monoisotopic (exact) mass is 351 g/mol. The summed E-state index contributed by atoms with van der Waals surface area (Å²) in [5, 5.41) is 12.1. The van der Waals surface area contributed by atoms with Crippen LogP contribution in [0.3, 0.4) is 0 Å². The number of aryl methyl sites for hydroxylation is 1. The van der Waals surface area contributed by atoms with E-state index in [4.69, 9.17) is 4.74 Å². The molecule has 0 atom stereocenters. The summed E-state index contributed by atoms with van der Waals surface area (Å²) in [5.74, 6) is 1.08. The highest BCUT2D eigenvalue weighted by Gasteiger charge is 2.17. The Labute approximate surface area is 152 Å². The quantitative estimate of drug-likeness (QED) is 0.654. The molecule has 7 nitrogen and oxygen atoms in total. The van der Waals surface area contributed by atoms with Crippen LogP contribution in [-0.2, 0) is 17.9 Å². The Morgan fingerprint density at radius 1 is 1.12 bits per heavy atom. The Bertz CT molecular complexity index is 863. The minimum absolute atomic E-state index is 0.0283. The highest BCUT2D eigenvalue weighted by molar-refractivity contribution is 5.93. The molecule has 0 fully saturated rings. The van der Waals surface area contributed by atoms with Gasteiger partial charge < -0.3 is 9.64 Å². The summed E-state index contributed by atoms with van der Waals surface area (Å²) in [6.07, 6.45) is 0. The summed E-state index contributed by atoms with van der Waals surface area (Å²) < 4.78 is 5.59. The van der Waals surface area contributed by atoms with Crippen molar-refractivity contribution in [2.24, 2.45) is 0 Å². The predicted octanol–water partition coefficient (Wildman–Crippen LogP) is 2.61. The first kappa shape index (κ1) is 17.6. The van der Waals surface area contributed by atoms with E-state index >= 15 is 0 Å². The molecule has 2 aromatic carbocycles. The molecule has 1 aromatic heterocycles. The first-order chi connectivity index (χ1) is 12.7. The van der Waals surface area contributed by atoms with E-state index in [1.807, 2.05) is 68.4 Å². The van der Waals surface area contributed by atoms with Gasteiger partial charge in [0.05, 0.1) is 0 Å². The van der Waals surface area contributed by atoms with Crippen molar-refractivity contribution >= 4 is 11.6 Å². The van der Waals surface area contributed by atoms with E-state index in [-0.39, 0.29) is 19.1 Å². The van der Waals surface area contributed by atoms with Crippen LogP contribution in [-0.4, -0.2) is 32.7 Å². The Morgan fingerprint density at radius 2 is 1.85 bits per heavy atom. The van der Waals surface area contributed by atoms with E-state index in [9.17, 15) is 4.79 Å². The Hall–Kier alpha value is -3.22. The molecule has 134 valence electrons. The van der Waals surface area contributed by atoms with Gasteiger partial charge in [-0.05, 0) is 42.8 Å². The zero-order valence-electron chi connectivity index (χ0n) is 14.9. The number of rotatable bonds is 7. The standard InChI is InChI=1S/C19H21N5O2/c1-3-23(17-12-8-7-9-15(17)2)19(25)13-24-21-18(20-22-24)14-26-16-10-5-4-6-11-16/h4-12H,3,13-14H2,1-2H3. The molecule has 0 aliphatic heterocycles. The predicted molar refractivity (Wildman–Crippen MR) is 97.8 cm³/mol. The summed E-state index contributed by atoms with van der Waals surface area (Å²) in [5.41, 5.74) is 1.94. The fourth-order valence-electron chi connectivity index (χ4n) is 2.62. The number of ether oxygens (including phenoxy) is 1. The van der Waals surface area contributed by atoms with Gasteiger partial charge in [-0.2, -0.15) is 4.80 Å². The highest BCUT2D eigenvalue weighted by atomic mass is 16.5. The van der Waals surface area contributed by atoms with Gasteiger partial charge in [-0.1, -0.05) is 36.4 Å². The number of carbonyl (C=O) groups is 1. The first-order valence-corrected chi connectivity index (χ1v) is 8.48. The molecule has 3 rings (SSSR count). The lowest BCUT2D eigenvalue weighted by molar-refractivity contribution is -0.119. The smallest absolute Gasteiger partial charge is 0.250 e. The molecule has 0 aliphatic rings. The number of anilines is 1. The number of likely N-dealkylation sites (N-methyl/N-ethyl adjacent to an activating group) is 1. The third kappa shape index (κ3) is 4.24. The van der Waals surface area contributed by atoms with Crippen LogP contribution in [0.15, 0.2) is 54.6 Å². The molecule has 0 radical (unpaired) electrons. The molecule has 0 aliphatic carbocycles. The average Bonchev–Trinajstić information content (AvgIpc) is 3.10. The van der Waals surface area contributed by atoms with Gasteiger partial charge in [0.2, 0.25) is 5.82 Å². The van der Waals surface area contributed by atoms with Gasteiger partial charge in [0.25, 0.3) is 5.91 Å². The van der Waals surface area contributed by atoms with E-state index in [0.717, 1.165) is 17.0 Å². The Kier molecular flexibility index (Phi) is 5.58. The largest absolute Gasteiger partial charge is 0.485 e. The van der Waals surface area contributed by atoms with E-state index in [1.165, 1.54) is 4.80 Å². The molecule has 3 aromatic rings. The number of tetrazole rings is 1. The SMILES string of the molecule is CCN(C(=O)Cn1nnc(COc2ccccc2)n1)c1ccccc1C. The molecule has 0 bridgehead atoms. The second-order valence-corrected chi connectivity index (χ2v) is 5.76. The van der Waals surface area contributed by atoms with Crippen molar-refractivity contribution in [1.29, 1.82) is 0 Å². The van der Waals surface area contributed by atoms with Gasteiger partial charge in [-0.25, -0.2) is 0 Å². The number of nitrogens with zero attached hydrogens (tertiary/aromatic N) is 5. The van der Waals surface area contributed by atoms with Gasteiger partial charge in [0, 0.05) is 12.2 Å². The van der Waals surface area contributed by atoms with Gasteiger partial charge in [-0.3, -0.25) is 4.79 Å². The molecule has 0 saturated carbocycles. The molecule has 0 unspecified atom stereocenters. The molecule has 1 amide bonds. The van der Waals surface area contributed by atoms with Crippen LogP contribution in [0.1, 0.15) is 18.3 Å². The molecule has 26 heavy (non-hydrogen) atoms. The van der Waals surface area contributed by atoms with Crippen LogP contribution < -0.4 is 9.64 Å². The van der Waals surface area contributed by atoms with Crippen molar-refractivity contribution in [3.63, 3.8) is 0 Å². The van der Waals surface area contributed by atoms with Crippen molar-refractivity contribution in [2.45, 2.75) is 27.0 Å².